The van der Waals surface area contributed by atoms with Gasteiger partial charge in [-0.2, -0.15) is 0 Å². The summed E-state index contributed by atoms with van der Waals surface area (Å²) < 4.78 is 24.3. The van der Waals surface area contributed by atoms with E-state index in [-0.39, 0.29) is 5.78 Å². The van der Waals surface area contributed by atoms with Crippen molar-refractivity contribution < 1.29 is 13.6 Å². The fraction of sp³-hybridized carbons (Fsp3) is 0.190. The van der Waals surface area contributed by atoms with Crippen LogP contribution in [0.25, 0.3) is 22.3 Å². The molecule has 2 aromatic carbocycles. The van der Waals surface area contributed by atoms with Crippen LogP contribution in [0.2, 0.25) is 5.02 Å². The summed E-state index contributed by atoms with van der Waals surface area (Å²) in [6.07, 6.45) is 0.396. The third kappa shape index (κ3) is 3.90. The Labute approximate surface area is 171 Å². The van der Waals surface area contributed by atoms with Gasteiger partial charge in [-0.1, -0.05) is 42.8 Å². The number of hydrogen-bond acceptors (Lipinski definition) is 2. The summed E-state index contributed by atoms with van der Waals surface area (Å²) in [6, 6.07) is 14.7. The minimum atomic E-state index is -2.14. The highest BCUT2D eigenvalue weighted by molar-refractivity contribution is 7.80. The Balaban J connectivity index is 2.25. The normalized spacial score (nSPS) is 12.0. The zero-order chi connectivity index (χ0) is 20.4. The number of carbonyl (C=O) groups is 1. The topological polar surface area (TPSA) is 71.3 Å². The van der Waals surface area contributed by atoms with Crippen LogP contribution in [-0.2, 0) is 18.3 Å². The average Bonchev–Trinajstić information content (AvgIpc) is 2.93. The van der Waals surface area contributed by atoms with Gasteiger partial charge in [0.25, 0.3) is 11.3 Å². The van der Waals surface area contributed by atoms with Crippen molar-refractivity contribution in [1.82, 2.24) is 4.57 Å². The van der Waals surface area contributed by atoms with Gasteiger partial charge in [0, 0.05) is 41.0 Å². The largest absolute Gasteiger partial charge is 0.344 e. The predicted molar refractivity (Wildman–Crippen MR) is 115 cm³/mol. The van der Waals surface area contributed by atoms with Gasteiger partial charge in [-0.3, -0.25) is 14.1 Å². The molecule has 0 saturated carbocycles. The highest BCUT2D eigenvalue weighted by atomic mass is 35.5. The van der Waals surface area contributed by atoms with Crippen molar-refractivity contribution in [3.8, 4) is 22.3 Å². The molecule has 0 bridgehead atoms. The SMILES string of the molecule is CCC(=O)c1c(-c2ccc(NS(=O)O)cc2)c(-c2ccc(Cl)cc2)c(C)n1C. The molecular formula is C21H21ClN2O3S. The molecule has 3 rings (SSSR count). The van der Waals surface area contributed by atoms with E-state index in [4.69, 9.17) is 16.2 Å². The summed E-state index contributed by atoms with van der Waals surface area (Å²) in [5, 5.41) is 0.649. The van der Waals surface area contributed by atoms with Gasteiger partial charge >= 0.3 is 0 Å². The second-order valence-electron chi connectivity index (χ2n) is 6.46. The van der Waals surface area contributed by atoms with Crippen LogP contribution >= 0.6 is 11.6 Å². The lowest BCUT2D eigenvalue weighted by Gasteiger charge is -2.10. The molecule has 1 atom stereocenters. The lowest BCUT2D eigenvalue weighted by molar-refractivity contribution is 0.0981. The average molecular weight is 417 g/mol. The lowest BCUT2D eigenvalue weighted by atomic mass is 9.93. The first-order chi connectivity index (χ1) is 13.3. The summed E-state index contributed by atoms with van der Waals surface area (Å²) in [4.78, 5) is 12.8. The van der Waals surface area contributed by atoms with Crippen molar-refractivity contribution in [3.63, 3.8) is 0 Å². The fourth-order valence-electron chi connectivity index (χ4n) is 3.35. The van der Waals surface area contributed by atoms with Crippen LogP contribution in [0.1, 0.15) is 29.5 Å². The van der Waals surface area contributed by atoms with E-state index in [1.165, 1.54) is 0 Å². The van der Waals surface area contributed by atoms with Gasteiger partial charge in [-0.15, -0.1) is 0 Å². The number of nitrogens with one attached hydrogen (secondary N) is 1. The number of hydrogen-bond donors (Lipinski definition) is 2. The molecule has 0 spiro atoms. The molecule has 0 aliphatic rings. The Morgan fingerprint density at radius 1 is 1.07 bits per heavy atom. The standard InChI is InChI=1S/C21H21ClN2O3S/c1-4-18(25)21-20(15-7-11-17(12-8-15)23-28(26)27)19(13(2)24(21)3)14-5-9-16(22)10-6-14/h5-12,23H,4H2,1-3H3,(H,26,27). The zero-order valence-corrected chi connectivity index (χ0v) is 17.4. The Morgan fingerprint density at radius 2 is 1.61 bits per heavy atom. The van der Waals surface area contributed by atoms with Crippen LogP contribution in [-0.4, -0.2) is 19.1 Å². The summed E-state index contributed by atoms with van der Waals surface area (Å²) >= 11 is 3.91. The van der Waals surface area contributed by atoms with E-state index in [1.807, 2.05) is 61.9 Å². The van der Waals surface area contributed by atoms with E-state index in [9.17, 15) is 9.00 Å². The van der Waals surface area contributed by atoms with E-state index in [0.29, 0.717) is 22.8 Å². The van der Waals surface area contributed by atoms with Gasteiger partial charge in [0.1, 0.15) is 0 Å². The fourth-order valence-corrected chi connectivity index (χ4v) is 3.82. The summed E-state index contributed by atoms with van der Waals surface area (Å²) in [7, 11) is 1.89. The Kier molecular flexibility index (Phi) is 6.03. The molecule has 0 amide bonds. The number of benzene rings is 2. The lowest BCUT2D eigenvalue weighted by Crippen LogP contribution is -2.07. The number of Topliss-reactive ketones (excluding diaryl/α,β-unsaturated/α-hetero) is 1. The van der Waals surface area contributed by atoms with Crippen molar-refractivity contribution in [2.75, 3.05) is 4.72 Å². The zero-order valence-electron chi connectivity index (χ0n) is 15.8. The van der Waals surface area contributed by atoms with Gasteiger partial charge in [0.2, 0.25) is 0 Å². The van der Waals surface area contributed by atoms with E-state index in [1.54, 1.807) is 12.1 Å². The Morgan fingerprint density at radius 3 is 2.14 bits per heavy atom. The maximum absolute atomic E-state index is 12.8. The van der Waals surface area contributed by atoms with Crippen molar-refractivity contribution in [3.05, 3.63) is 64.9 Å². The first-order valence-electron chi connectivity index (χ1n) is 8.79. The number of rotatable bonds is 6. The molecule has 1 aromatic heterocycles. The van der Waals surface area contributed by atoms with E-state index >= 15 is 0 Å². The van der Waals surface area contributed by atoms with E-state index < -0.39 is 11.3 Å². The molecule has 0 aliphatic carbocycles. The van der Waals surface area contributed by atoms with Gasteiger partial charge in [0.05, 0.1) is 5.69 Å². The monoisotopic (exact) mass is 416 g/mol. The van der Waals surface area contributed by atoms with Gasteiger partial charge in [-0.25, -0.2) is 4.21 Å². The number of aromatic nitrogens is 1. The maximum Gasteiger partial charge on any atom is 0.259 e. The molecule has 0 fully saturated rings. The second-order valence-corrected chi connectivity index (χ2v) is 7.59. The van der Waals surface area contributed by atoms with Crippen LogP contribution in [0, 0.1) is 6.92 Å². The molecule has 0 saturated heterocycles. The van der Waals surface area contributed by atoms with Crippen LogP contribution < -0.4 is 4.72 Å². The van der Waals surface area contributed by atoms with Gasteiger partial charge < -0.3 is 4.57 Å². The highest BCUT2D eigenvalue weighted by Gasteiger charge is 2.24. The second kappa shape index (κ2) is 8.31. The van der Waals surface area contributed by atoms with Gasteiger partial charge in [0.15, 0.2) is 5.78 Å². The third-order valence-corrected chi connectivity index (χ3v) is 5.45. The smallest absolute Gasteiger partial charge is 0.259 e. The summed E-state index contributed by atoms with van der Waals surface area (Å²) in [6.45, 7) is 3.84. The molecule has 1 unspecified atom stereocenters. The molecule has 1 heterocycles. The van der Waals surface area contributed by atoms with Crippen LogP contribution in [0.4, 0.5) is 5.69 Å². The molecule has 0 aliphatic heterocycles. The minimum absolute atomic E-state index is 0.0551. The summed E-state index contributed by atoms with van der Waals surface area (Å²) in [5.41, 5.74) is 5.81. The summed E-state index contributed by atoms with van der Waals surface area (Å²) in [5.74, 6) is 0.0551. The molecule has 5 nitrogen and oxygen atoms in total. The van der Waals surface area contributed by atoms with E-state index in [2.05, 4.69) is 4.72 Å². The maximum atomic E-state index is 12.8. The van der Waals surface area contributed by atoms with Crippen molar-refractivity contribution in [2.24, 2.45) is 7.05 Å². The number of nitrogens with zero attached hydrogens (tertiary/aromatic N) is 1. The number of anilines is 1. The Hall–Kier alpha value is -2.41. The first-order valence-corrected chi connectivity index (χ1v) is 10.3. The van der Waals surface area contributed by atoms with Crippen LogP contribution in [0.5, 0.6) is 0 Å². The van der Waals surface area contributed by atoms with Crippen LogP contribution in [0.3, 0.4) is 0 Å². The predicted octanol–water partition coefficient (Wildman–Crippen LogP) is 5.46. The number of halogens is 1. The molecular weight excluding hydrogens is 396 g/mol. The van der Waals surface area contributed by atoms with Gasteiger partial charge in [-0.05, 0) is 42.3 Å². The Bertz CT molecular complexity index is 1040. The molecule has 2 N–H and O–H groups in total. The molecule has 3 aromatic rings. The molecule has 0 radical (unpaired) electrons. The highest BCUT2D eigenvalue weighted by Crippen LogP contribution is 2.40. The third-order valence-electron chi connectivity index (χ3n) is 4.78. The molecule has 28 heavy (non-hydrogen) atoms. The van der Waals surface area contributed by atoms with Crippen molar-refractivity contribution >= 4 is 34.3 Å². The van der Waals surface area contributed by atoms with Crippen molar-refractivity contribution in [2.45, 2.75) is 20.3 Å². The van der Waals surface area contributed by atoms with E-state index in [0.717, 1.165) is 27.9 Å². The quantitative estimate of drug-likeness (QED) is 0.414. The number of carbonyl (C=O) groups excluding carboxylic acids is 1. The van der Waals surface area contributed by atoms with Crippen LogP contribution in [0.15, 0.2) is 48.5 Å². The minimum Gasteiger partial charge on any atom is -0.344 e. The number of ketones is 1. The molecule has 146 valence electrons. The molecule has 7 heteroatoms. The first kappa shape index (κ1) is 20.3. The van der Waals surface area contributed by atoms with Crippen molar-refractivity contribution in [1.29, 1.82) is 0 Å².